The molecule has 0 N–H and O–H groups in total. The lowest BCUT2D eigenvalue weighted by Crippen LogP contribution is -2.00. The van der Waals surface area contributed by atoms with E-state index in [1.54, 1.807) is 0 Å². The van der Waals surface area contributed by atoms with Crippen molar-refractivity contribution in [2.24, 2.45) is 0 Å². The van der Waals surface area contributed by atoms with Gasteiger partial charge < -0.3 is 4.42 Å². The van der Waals surface area contributed by atoms with Crippen LogP contribution >= 0.6 is 0 Å². The Bertz CT molecular complexity index is 3240. The van der Waals surface area contributed by atoms with E-state index in [1.165, 1.54) is 38.8 Å². The predicted molar refractivity (Wildman–Crippen MR) is 249 cm³/mol. The molecule has 0 amide bonds. The van der Waals surface area contributed by atoms with E-state index < -0.39 is 0 Å². The fraction of sp³-hybridized carbons (Fsp3) is 0.0175. The van der Waals surface area contributed by atoms with Crippen LogP contribution < -0.4 is 0 Å². The normalized spacial score (nSPS) is 11.4. The summed E-state index contributed by atoms with van der Waals surface area (Å²) in [4.78, 5) is 10.4. The minimum atomic E-state index is 0.694. The molecule has 2 aromatic heterocycles. The molecule has 3 heteroatoms. The van der Waals surface area contributed by atoms with Crippen LogP contribution in [0.4, 0.5) is 0 Å². The van der Waals surface area contributed by atoms with Crippen molar-refractivity contribution in [3.05, 3.63) is 230 Å². The molecule has 0 radical (unpaired) electrons. The van der Waals surface area contributed by atoms with Gasteiger partial charge in [-0.3, -0.25) is 0 Å². The lowest BCUT2D eigenvalue weighted by Gasteiger charge is -2.13. The van der Waals surface area contributed by atoms with Gasteiger partial charge in [-0.2, -0.15) is 0 Å². The van der Waals surface area contributed by atoms with Gasteiger partial charge in [0.05, 0.1) is 5.69 Å². The summed E-state index contributed by atoms with van der Waals surface area (Å²) in [6, 6.07) is 77.2. The highest BCUT2D eigenvalue weighted by Crippen LogP contribution is 2.45. The number of benzene rings is 9. The van der Waals surface area contributed by atoms with Gasteiger partial charge in [-0.25, -0.2) is 9.97 Å². The highest BCUT2D eigenvalue weighted by atomic mass is 16.3. The topological polar surface area (TPSA) is 38.9 Å². The molecule has 0 spiro atoms. The molecule has 0 atom stereocenters. The van der Waals surface area contributed by atoms with Crippen LogP contribution in [-0.2, 0) is 6.42 Å². The third-order valence-corrected chi connectivity index (χ3v) is 11.5. The summed E-state index contributed by atoms with van der Waals surface area (Å²) in [5, 5.41) is 4.46. The Morgan fingerprint density at radius 2 is 0.900 bits per heavy atom. The number of rotatable bonds is 8. The SMILES string of the molecule is c1ccc(Cc2cc(-c3ccc(-c4ccc(-c5cc(-c6ccccc6)cc(-c6ccccc6)c5)cc4)c4oc5ccc6ccccc6c5c34)nc(-c3ccccc3)n2)cc1. The summed E-state index contributed by atoms with van der Waals surface area (Å²) >= 11 is 0. The van der Waals surface area contributed by atoms with Gasteiger partial charge >= 0.3 is 0 Å². The monoisotopic (exact) mass is 766 g/mol. The number of furan rings is 1. The van der Waals surface area contributed by atoms with E-state index in [2.05, 4.69) is 200 Å². The van der Waals surface area contributed by atoms with Gasteiger partial charge in [-0.05, 0) is 91.7 Å². The van der Waals surface area contributed by atoms with Gasteiger partial charge in [0.15, 0.2) is 5.82 Å². The molecule has 3 nitrogen and oxygen atoms in total. The third-order valence-electron chi connectivity index (χ3n) is 11.5. The molecular weight excluding hydrogens is 729 g/mol. The second-order valence-electron chi connectivity index (χ2n) is 15.3. The zero-order valence-corrected chi connectivity index (χ0v) is 32.8. The zero-order chi connectivity index (χ0) is 39.8. The van der Waals surface area contributed by atoms with E-state index in [0.717, 1.165) is 66.5 Å². The van der Waals surface area contributed by atoms with Gasteiger partial charge in [0.2, 0.25) is 0 Å². The van der Waals surface area contributed by atoms with Crippen LogP contribution in [0.5, 0.6) is 0 Å². The van der Waals surface area contributed by atoms with Crippen molar-refractivity contribution in [3.8, 4) is 67.2 Å². The van der Waals surface area contributed by atoms with E-state index in [0.29, 0.717) is 12.2 Å². The van der Waals surface area contributed by atoms with Crippen LogP contribution in [0.1, 0.15) is 11.3 Å². The highest BCUT2D eigenvalue weighted by Gasteiger charge is 2.21. The molecule has 0 aliphatic heterocycles. The molecular formula is C57H38N2O. The van der Waals surface area contributed by atoms with Crippen molar-refractivity contribution in [2.45, 2.75) is 6.42 Å². The summed E-state index contributed by atoms with van der Waals surface area (Å²) in [5.41, 5.74) is 15.9. The molecule has 11 rings (SSSR count). The Hall–Kier alpha value is -7.88. The van der Waals surface area contributed by atoms with Crippen LogP contribution in [0.25, 0.3) is 99.9 Å². The molecule has 0 saturated heterocycles. The number of nitrogens with zero attached hydrogens (tertiary/aromatic N) is 2. The molecule has 0 aliphatic carbocycles. The Balaban J connectivity index is 1.08. The summed E-state index contributed by atoms with van der Waals surface area (Å²) in [5.74, 6) is 0.705. The Morgan fingerprint density at radius 3 is 1.55 bits per heavy atom. The molecule has 0 aliphatic rings. The average Bonchev–Trinajstić information content (AvgIpc) is 3.73. The van der Waals surface area contributed by atoms with Crippen molar-refractivity contribution in [1.82, 2.24) is 9.97 Å². The highest BCUT2D eigenvalue weighted by molar-refractivity contribution is 6.24. The molecule has 0 saturated carbocycles. The Kier molecular flexibility index (Phi) is 8.90. The number of fused-ring (bicyclic) bond motifs is 5. The van der Waals surface area contributed by atoms with Crippen molar-refractivity contribution in [2.75, 3.05) is 0 Å². The van der Waals surface area contributed by atoms with E-state index in [-0.39, 0.29) is 0 Å². The first-order valence-electron chi connectivity index (χ1n) is 20.4. The van der Waals surface area contributed by atoms with Crippen LogP contribution in [0.2, 0.25) is 0 Å². The molecule has 0 unspecified atom stereocenters. The lowest BCUT2D eigenvalue weighted by molar-refractivity contribution is 0.670. The number of hydrogen-bond acceptors (Lipinski definition) is 3. The molecule has 9 aromatic carbocycles. The maximum absolute atomic E-state index is 6.95. The molecule has 2 heterocycles. The molecule has 11 aromatic rings. The van der Waals surface area contributed by atoms with Gasteiger partial charge in [-0.1, -0.05) is 182 Å². The standard InChI is InChI=1S/C57H38N2O/c1-5-15-38(16-6-1)33-48-37-52(59-57(58-48)44-22-11-4-12-23-44)51-31-30-50(56-55(51)54-49-24-14-13-21-42(49)29-32-53(54)60-56)43-27-25-41(26-28-43)47-35-45(39-17-7-2-8-18-39)34-46(36-47)40-19-9-3-10-20-40/h1-32,34-37H,33H2. The largest absolute Gasteiger partial charge is 0.455 e. The van der Waals surface area contributed by atoms with Crippen LogP contribution in [0.3, 0.4) is 0 Å². The quantitative estimate of drug-likeness (QED) is 0.155. The van der Waals surface area contributed by atoms with Crippen molar-refractivity contribution in [3.63, 3.8) is 0 Å². The average molecular weight is 767 g/mol. The summed E-state index contributed by atoms with van der Waals surface area (Å²) in [6.45, 7) is 0. The smallest absolute Gasteiger partial charge is 0.160 e. The lowest BCUT2D eigenvalue weighted by atomic mass is 9.92. The second kappa shape index (κ2) is 15.1. The maximum atomic E-state index is 6.95. The summed E-state index contributed by atoms with van der Waals surface area (Å²) in [6.07, 6.45) is 0.694. The second-order valence-corrected chi connectivity index (χ2v) is 15.3. The number of aromatic nitrogens is 2. The van der Waals surface area contributed by atoms with Crippen LogP contribution in [0.15, 0.2) is 223 Å². The minimum Gasteiger partial charge on any atom is -0.455 e. The summed E-state index contributed by atoms with van der Waals surface area (Å²) < 4.78 is 6.95. The molecule has 282 valence electrons. The maximum Gasteiger partial charge on any atom is 0.160 e. The van der Waals surface area contributed by atoms with E-state index >= 15 is 0 Å². The third kappa shape index (κ3) is 6.62. The first-order valence-corrected chi connectivity index (χ1v) is 20.4. The Morgan fingerprint density at radius 1 is 0.367 bits per heavy atom. The summed E-state index contributed by atoms with van der Waals surface area (Å²) in [7, 11) is 0. The predicted octanol–water partition coefficient (Wildman–Crippen LogP) is 15.1. The van der Waals surface area contributed by atoms with E-state index in [4.69, 9.17) is 14.4 Å². The van der Waals surface area contributed by atoms with Crippen LogP contribution in [-0.4, -0.2) is 9.97 Å². The van der Waals surface area contributed by atoms with Gasteiger partial charge in [-0.15, -0.1) is 0 Å². The van der Waals surface area contributed by atoms with Gasteiger partial charge in [0.1, 0.15) is 11.2 Å². The van der Waals surface area contributed by atoms with Gasteiger partial charge in [0.25, 0.3) is 0 Å². The van der Waals surface area contributed by atoms with Crippen molar-refractivity contribution < 1.29 is 4.42 Å². The van der Waals surface area contributed by atoms with E-state index in [1.807, 2.05) is 18.2 Å². The molecule has 60 heavy (non-hydrogen) atoms. The van der Waals surface area contributed by atoms with Crippen molar-refractivity contribution >= 4 is 32.7 Å². The fourth-order valence-corrected chi connectivity index (χ4v) is 8.56. The zero-order valence-electron chi connectivity index (χ0n) is 32.8. The Labute approximate surface area is 348 Å². The number of hydrogen-bond donors (Lipinski definition) is 0. The first-order chi connectivity index (χ1) is 29.7. The minimum absolute atomic E-state index is 0.694. The van der Waals surface area contributed by atoms with Gasteiger partial charge in [0, 0.05) is 39.6 Å². The van der Waals surface area contributed by atoms with E-state index in [9.17, 15) is 0 Å². The van der Waals surface area contributed by atoms with Crippen LogP contribution in [0, 0.1) is 0 Å². The molecule has 0 bridgehead atoms. The molecule has 0 fully saturated rings. The fourth-order valence-electron chi connectivity index (χ4n) is 8.56. The first kappa shape index (κ1) is 35.3. The van der Waals surface area contributed by atoms with Crippen molar-refractivity contribution in [1.29, 1.82) is 0 Å².